The van der Waals surface area contributed by atoms with E-state index in [9.17, 15) is 4.79 Å². The van der Waals surface area contributed by atoms with Gasteiger partial charge in [0, 0.05) is 10.0 Å². The van der Waals surface area contributed by atoms with E-state index in [-0.39, 0.29) is 5.91 Å². The maximum absolute atomic E-state index is 12.1. The lowest BCUT2D eigenvalue weighted by molar-refractivity contribution is -0.110. The van der Waals surface area contributed by atoms with Crippen LogP contribution in [-0.4, -0.2) is 11.6 Å². The van der Waals surface area contributed by atoms with Crippen molar-refractivity contribution in [1.82, 2.24) is 0 Å². The maximum atomic E-state index is 12.1. The summed E-state index contributed by atoms with van der Waals surface area (Å²) < 4.78 is 0.776. The molecular formula is C15H9BrCl2N2O. The summed E-state index contributed by atoms with van der Waals surface area (Å²) in [4.78, 5) is 16.5. The first-order valence-electron chi connectivity index (χ1n) is 6.12. The molecule has 0 bridgehead atoms. The van der Waals surface area contributed by atoms with Gasteiger partial charge in [0.1, 0.15) is 5.71 Å². The SMILES string of the molecule is Cc1ccc(Cl)c2c1NC(=O)C2=Nc1ccc(Br)c(Cl)c1. The largest absolute Gasteiger partial charge is 0.320 e. The van der Waals surface area contributed by atoms with Gasteiger partial charge in [-0.25, -0.2) is 4.99 Å². The van der Waals surface area contributed by atoms with Gasteiger partial charge in [-0.3, -0.25) is 4.79 Å². The third kappa shape index (κ3) is 2.59. The summed E-state index contributed by atoms with van der Waals surface area (Å²) in [5.74, 6) is -0.264. The number of hydrogen-bond acceptors (Lipinski definition) is 2. The highest BCUT2D eigenvalue weighted by molar-refractivity contribution is 9.10. The zero-order valence-corrected chi connectivity index (χ0v) is 14.0. The Morgan fingerprint density at radius 1 is 1.14 bits per heavy atom. The molecule has 0 unspecified atom stereocenters. The van der Waals surface area contributed by atoms with Gasteiger partial charge in [-0.15, -0.1) is 0 Å². The number of amides is 1. The van der Waals surface area contributed by atoms with Gasteiger partial charge in [-0.1, -0.05) is 29.3 Å². The Balaban J connectivity index is 2.16. The highest BCUT2D eigenvalue weighted by Gasteiger charge is 2.29. The molecule has 0 aliphatic carbocycles. The molecule has 0 fully saturated rings. The van der Waals surface area contributed by atoms with Crippen molar-refractivity contribution in [3.63, 3.8) is 0 Å². The Morgan fingerprint density at radius 3 is 2.62 bits per heavy atom. The monoisotopic (exact) mass is 382 g/mol. The van der Waals surface area contributed by atoms with Crippen LogP contribution in [0.4, 0.5) is 11.4 Å². The van der Waals surface area contributed by atoms with Crippen molar-refractivity contribution in [2.45, 2.75) is 6.92 Å². The molecule has 0 spiro atoms. The van der Waals surface area contributed by atoms with E-state index in [4.69, 9.17) is 23.2 Å². The third-order valence-corrected chi connectivity index (χ3v) is 4.74. The van der Waals surface area contributed by atoms with Crippen molar-refractivity contribution < 1.29 is 4.79 Å². The molecule has 6 heteroatoms. The summed E-state index contributed by atoms with van der Waals surface area (Å²) in [6, 6.07) is 8.87. The van der Waals surface area contributed by atoms with Crippen LogP contribution in [0.5, 0.6) is 0 Å². The van der Waals surface area contributed by atoms with Gasteiger partial charge in [0.05, 0.1) is 21.4 Å². The lowest BCUT2D eigenvalue weighted by Gasteiger charge is -2.04. The summed E-state index contributed by atoms with van der Waals surface area (Å²) in [7, 11) is 0. The first kappa shape index (κ1) is 14.6. The van der Waals surface area contributed by atoms with Crippen molar-refractivity contribution in [2.75, 3.05) is 5.32 Å². The summed E-state index contributed by atoms with van der Waals surface area (Å²) >= 11 is 15.6. The molecule has 1 N–H and O–H groups in total. The fraction of sp³-hybridized carbons (Fsp3) is 0.0667. The molecule has 0 radical (unpaired) electrons. The Bertz CT molecular complexity index is 803. The topological polar surface area (TPSA) is 41.5 Å². The van der Waals surface area contributed by atoms with Crippen LogP contribution in [0.1, 0.15) is 11.1 Å². The first-order valence-corrected chi connectivity index (χ1v) is 7.67. The van der Waals surface area contributed by atoms with Crippen LogP contribution < -0.4 is 5.32 Å². The van der Waals surface area contributed by atoms with E-state index < -0.39 is 0 Å². The number of aryl methyl sites for hydroxylation is 1. The molecule has 1 aliphatic rings. The molecular weight excluding hydrogens is 375 g/mol. The lowest BCUT2D eigenvalue weighted by Crippen LogP contribution is -2.14. The highest BCUT2D eigenvalue weighted by Crippen LogP contribution is 2.35. The average Bonchev–Trinajstić information content (AvgIpc) is 2.77. The van der Waals surface area contributed by atoms with Gasteiger partial charge in [-0.05, 0) is 52.7 Å². The number of aliphatic imine (C=N–C) groups is 1. The third-order valence-electron chi connectivity index (χ3n) is 3.20. The summed E-state index contributed by atoms with van der Waals surface area (Å²) in [5.41, 5.74) is 3.20. The fourth-order valence-electron chi connectivity index (χ4n) is 2.15. The van der Waals surface area contributed by atoms with Crippen molar-refractivity contribution in [3.8, 4) is 0 Å². The van der Waals surface area contributed by atoms with E-state index >= 15 is 0 Å². The van der Waals surface area contributed by atoms with Crippen molar-refractivity contribution in [1.29, 1.82) is 0 Å². The predicted octanol–water partition coefficient (Wildman–Crippen LogP) is 5.14. The number of nitrogens with zero attached hydrogens (tertiary/aromatic N) is 1. The molecule has 3 rings (SSSR count). The number of nitrogens with one attached hydrogen (secondary N) is 1. The molecule has 0 saturated carbocycles. The Labute approximate surface area is 140 Å². The minimum Gasteiger partial charge on any atom is -0.320 e. The second-order valence-electron chi connectivity index (χ2n) is 4.63. The molecule has 2 aromatic rings. The fourth-order valence-corrected chi connectivity index (χ4v) is 2.82. The number of rotatable bonds is 1. The number of fused-ring (bicyclic) bond motifs is 1. The number of halogens is 3. The van der Waals surface area contributed by atoms with Gasteiger partial charge in [0.15, 0.2) is 0 Å². The van der Waals surface area contributed by atoms with Gasteiger partial charge in [-0.2, -0.15) is 0 Å². The van der Waals surface area contributed by atoms with Crippen LogP contribution in [0.25, 0.3) is 0 Å². The maximum Gasteiger partial charge on any atom is 0.275 e. The summed E-state index contributed by atoms with van der Waals surface area (Å²) in [6.45, 7) is 1.91. The van der Waals surface area contributed by atoms with E-state index in [0.717, 1.165) is 15.7 Å². The standard InChI is InChI=1S/C15H9BrCl2N2O/c1-7-2-5-10(17)12-13(7)20-15(21)14(12)19-8-3-4-9(16)11(18)6-8/h2-6H,1H3,(H,19,20,21). The average molecular weight is 384 g/mol. The van der Waals surface area contributed by atoms with Gasteiger partial charge in [0.25, 0.3) is 5.91 Å². The van der Waals surface area contributed by atoms with E-state index in [1.54, 1.807) is 24.3 Å². The summed E-state index contributed by atoms with van der Waals surface area (Å²) in [5, 5.41) is 3.84. The second-order valence-corrected chi connectivity index (χ2v) is 6.30. The van der Waals surface area contributed by atoms with Crippen LogP contribution >= 0.6 is 39.1 Å². The second kappa shape index (κ2) is 5.44. The van der Waals surface area contributed by atoms with Gasteiger partial charge < -0.3 is 5.32 Å². The van der Waals surface area contributed by atoms with Crippen LogP contribution in [0.2, 0.25) is 10.0 Å². The van der Waals surface area contributed by atoms with Gasteiger partial charge >= 0.3 is 0 Å². The van der Waals surface area contributed by atoms with Gasteiger partial charge in [0.2, 0.25) is 0 Å². The van der Waals surface area contributed by atoms with E-state index in [1.165, 1.54) is 0 Å². The number of carbonyl (C=O) groups excluding carboxylic acids is 1. The van der Waals surface area contributed by atoms with E-state index in [0.29, 0.717) is 27.0 Å². The molecule has 0 atom stereocenters. The van der Waals surface area contributed by atoms with Crippen molar-refractivity contribution in [3.05, 3.63) is 56.0 Å². The predicted molar refractivity (Wildman–Crippen MR) is 90.2 cm³/mol. The van der Waals surface area contributed by atoms with E-state index in [1.807, 2.05) is 13.0 Å². The molecule has 21 heavy (non-hydrogen) atoms. The van der Waals surface area contributed by atoms with Crippen molar-refractivity contribution in [2.24, 2.45) is 4.99 Å². The lowest BCUT2D eigenvalue weighted by atomic mass is 10.1. The molecule has 1 heterocycles. The minimum atomic E-state index is -0.264. The Morgan fingerprint density at radius 2 is 1.90 bits per heavy atom. The Kier molecular flexibility index (Phi) is 3.78. The molecule has 1 aliphatic heterocycles. The Hall–Kier alpha value is -1.36. The first-order chi connectivity index (χ1) is 9.97. The molecule has 0 aromatic heterocycles. The number of carbonyl (C=O) groups is 1. The molecule has 106 valence electrons. The van der Waals surface area contributed by atoms with Crippen LogP contribution in [0, 0.1) is 6.92 Å². The smallest absolute Gasteiger partial charge is 0.275 e. The van der Waals surface area contributed by atoms with E-state index in [2.05, 4.69) is 26.2 Å². The molecule has 3 nitrogen and oxygen atoms in total. The molecule has 1 amide bonds. The quantitative estimate of drug-likeness (QED) is 0.727. The normalized spacial score (nSPS) is 15.2. The van der Waals surface area contributed by atoms with Crippen LogP contribution in [-0.2, 0) is 4.79 Å². The van der Waals surface area contributed by atoms with Crippen molar-refractivity contribution >= 4 is 62.1 Å². The number of hydrogen-bond donors (Lipinski definition) is 1. The zero-order chi connectivity index (χ0) is 15.1. The number of anilines is 1. The zero-order valence-electron chi connectivity index (χ0n) is 10.9. The highest BCUT2D eigenvalue weighted by atomic mass is 79.9. The summed E-state index contributed by atoms with van der Waals surface area (Å²) in [6.07, 6.45) is 0. The molecule has 0 saturated heterocycles. The number of benzene rings is 2. The van der Waals surface area contributed by atoms with Crippen LogP contribution in [0.3, 0.4) is 0 Å². The minimum absolute atomic E-state index is 0.264. The molecule has 2 aromatic carbocycles. The van der Waals surface area contributed by atoms with Crippen LogP contribution in [0.15, 0.2) is 39.8 Å².